The minimum atomic E-state index is 0.202. The first-order chi connectivity index (χ1) is 8.70. The van der Waals surface area contributed by atoms with Crippen molar-refractivity contribution < 1.29 is 0 Å². The average Bonchev–Trinajstić information content (AvgIpc) is 2.91. The Bertz CT molecular complexity index is 342. The van der Waals surface area contributed by atoms with Gasteiger partial charge in [0.05, 0.1) is 0 Å². The number of hydrogen-bond acceptors (Lipinski definition) is 4. The second-order valence-corrected chi connectivity index (χ2v) is 6.13. The molecule has 1 aliphatic heterocycles. The SMILES string of the molecule is CCN1CCC(CN)(N(C)Cc2ccsc2)CC1. The number of nitrogens with two attached hydrogens (primary N) is 1. The zero-order valence-electron chi connectivity index (χ0n) is 11.6. The summed E-state index contributed by atoms with van der Waals surface area (Å²) in [7, 11) is 2.23. The Morgan fingerprint density at radius 2 is 2.17 bits per heavy atom. The molecule has 102 valence electrons. The molecule has 0 amide bonds. The van der Waals surface area contributed by atoms with Gasteiger partial charge in [0.25, 0.3) is 0 Å². The van der Waals surface area contributed by atoms with Gasteiger partial charge >= 0.3 is 0 Å². The molecule has 0 radical (unpaired) electrons. The van der Waals surface area contributed by atoms with Crippen LogP contribution in [0.4, 0.5) is 0 Å². The first-order valence-corrected chi connectivity index (χ1v) is 7.79. The largest absolute Gasteiger partial charge is 0.329 e. The van der Waals surface area contributed by atoms with Crippen LogP contribution in [-0.2, 0) is 6.54 Å². The van der Waals surface area contributed by atoms with Gasteiger partial charge in [0.1, 0.15) is 0 Å². The Hall–Kier alpha value is -0.420. The lowest BCUT2D eigenvalue weighted by Crippen LogP contribution is -2.57. The summed E-state index contributed by atoms with van der Waals surface area (Å²) >= 11 is 1.77. The zero-order valence-corrected chi connectivity index (χ0v) is 12.4. The minimum Gasteiger partial charge on any atom is -0.329 e. The molecule has 0 atom stereocenters. The van der Waals surface area contributed by atoms with Crippen LogP contribution in [0.15, 0.2) is 16.8 Å². The Labute approximate surface area is 115 Å². The molecule has 18 heavy (non-hydrogen) atoms. The summed E-state index contributed by atoms with van der Waals surface area (Å²) in [5, 5.41) is 4.39. The maximum Gasteiger partial charge on any atom is 0.0356 e. The van der Waals surface area contributed by atoms with E-state index >= 15 is 0 Å². The topological polar surface area (TPSA) is 32.5 Å². The quantitative estimate of drug-likeness (QED) is 0.885. The van der Waals surface area contributed by atoms with Crippen LogP contribution in [0.3, 0.4) is 0 Å². The van der Waals surface area contributed by atoms with Crippen molar-refractivity contribution in [1.82, 2.24) is 9.80 Å². The molecule has 0 unspecified atom stereocenters. The van der Waals surface area contributed by atoms with E-state index in [1.54, 1.807) is 11.3 Å². The first-order valence-electron chi connectivity index (χ1n) is 6.85. The van der Waals surface area contributed by atoms with Gasteiger partial charge in [0, 0.05) is 18.6 Å². The summed E-state index contributed by atoms with van der Waals surface area (Å²) in [5.41, 5.74) is 7.71. The van der Waals surface area contributed by atoms with Gasteiger partial charge in [-0.15, -0.1) is 0 Å². The Morgan fingerprint density at radius 3 is 2.67 bits per heavy atom. The monoisotopic (exact) mass is 267 g/mol. The van der Waals surface area contributed by atoms with Crippen LogP contribution < -0.4 is 5.73 Å². The summed E-state index contributed by atoms with van der Waals surface area (Å²) in [5.74, 6) is 0. The van der Waals surface area contributed by atoms with Crippen LogP contribution in [0.2, 0.25) is 0 Å². The lowest BCUT2D eigenvalue weighted by Gasteiger charge is -2.47. The average molecular weight is 267 g/mol. The molecule has 3 nitrogen and oxygen atoms in total. The van der Waals surface area contributed by atoms with Crippen LogP contribution in [0.1, 0.15) is 25.3 Å². The minimum absolute atomic E-state index is 0.202. The van der Waals surface area contributed by atoms with E-state index in [1.165, 1.54) is 31.5 Å². The molecule has 0 saturated carbocycles. The van der Waals surface area contributed by atoms with E-state index in [-0.39, 0.29) is 5.54 Å². The molecule has 0 spiro atoms. The van der Waals surface area contributed by atoms with Crippen molar-refractivity contribution in [2.24, 2.45) is 5.73 Å². The third-order valence-electron chi connectivity index (χ3n) is 4.42. The summed E-state index contributed by atoms with van der Waals surface area (Å²) in [4.78, 5) is 4.99. The number of thiophene rings is 1. The van der Waals surface area contributed by atoms with Crippen molar-refractivity contribution in [1.29, 1.82) is 0 Å². The van der Waals surface area contributed by atoms with E-state index in [4.69, 9.17) is 5.73 Å². The van der Waals surface area contributed by atoms with Crippen molar-refractivity contribution in [3.8, 4) is 0 Å². The zero-order chi connectivity index (χ0) is 13.0. The molecule has 0 aromatic carbocycles. The highest BCUT2D eigenvalue weighted by atomic mass is 32.1. The molecular weight excluding hydrogens is 242 g/mol. The fraction of sp³-hybridized carbons (Fsp3) is 0.714. The van der Waals surface area contributed by atoms with E-state index in [0.29, 0.717) is 0 Å². The van der Waals surface area contributed by atoms with Gasteiger partial charge in [-0.1, -0.05) is 6.92 Å². The van der Waals surface area contributed by atoms with E-state index in [0.717, 1.165) is 19.6 Å². The molecule has 1 aromatic heterocycles. The number of rotatable bonds is 5. The van der Waals surface area contributed by atoms with Gasteiger partial charge in [0.2, 0.25) is 0 Å². The standard InChI is InChI=1S/C14H25N3S/c1-3-17-7-5-14(12-15,6-8-17)16(2)10-13-4-9-18-11-13/h4,9,11H,3,5-8,10,12,15H2,1-2H3. The van der Waals surface area contributed by atoms with Gasteiger partial charge in [-0.3, -0.25) is 4.90 Å². The summed E-state index contributed by atoms with van der Waals surface area (Å²) in [6, 6.07) is 2.21. The van der Waals surface area contributed by atoms with Crippen molar-refractivity contribution in [3.05, 3.63) is 22.4 Å². The van der Waals surface area contributed by atoms with Crippen LogP contribution in [0.25, 0.3) is 0 Å². The van der Waals surface area contributed by atoms with Gasteiger partial charge in [-0.2, -0.15) is 11.3 Å². The number of hydrogen-bond donors (Lipinski definition) is 1. The Morgan fingerprint density at radius 1 is 1.44 bits per heavy atom. The summed E-state index contributed by atoms with van der Waals surface area (Å²) < 4.78 is 0. The second kappa shape index (κ2) is 6.15. The number of piperidine rings is 1. The van der Waals surface area contributed by atoms with Crippen LogP contribution in [0, 0.1) is 0 Å². The Kier molecular flexibility index (Phi) is 4.78. The van der Waals surface area contributed by atoms with Crippen LogP contribution in [0.5, 0.6) is 0 Å². The third kappa shape index (κ3) is 2.94. The van der Waals surface area contributed by atoms with Crippen LogP contribution in [-0.4, -0.2) is 48.6 Å². The van der Waals surface area contributed by atoms with Crippen LogP contribution >= 0.6 is 11.3 Å². The molecule has 1 aliphatic rings. The highest BCUT2D eigenvalue weighted by Gasteiger charge is 2.36. The van der Waals surface area contributed by atoms with Gasteiger partial charge in [-0.05, 0) is 61.9 Å². The molecule has 1 saturated heterocycles. The predicted octanol–water partition coefficient (Wildman–Crippen LogP) is 1.99. The molecule has 2 heterocycles. The molecular formula is C14H25N3S. The predicted molar refractivity (Wildman–Crippen MR) is 78.9 cm³/mol. The molecule has 0 aliphatic carbocycles. The molecule has 2 rings (SSSR count). The maximum atomic E-state index is 6.10. The highest BCUT2D eigenvalue weighted by molar-refractivity contribution is 7.07. The molecule has 2 N–H and O–H groups in total. The Balaban J connectivity index is 1.99. The van der Waals surface area contributed by atoms with Gasteiger partial charge in [-0.25, -0.2) is 0 Å². The smallest absolute Gasteiger partial charge is 0.0356 e. The summed E-state index contributed by atoms with van der Waals surface area (Å²) in [6.07, 6.45) is 2.38. The lowest BCUT2D eigenvalue weighted by molar-refractivity contribution is 0.0419. The van der Waals surface area contributed by atoms with Crippen molar-refractivity contribution in [3.63, 3.8) is 0 Å². The van der Waals surface area contributed by atoms with Crippen molar-refractivity contribution >= 4 is 11.3 Å². The van der Waals surface area contributed by atoms with E-state index in [9.17, 15) is 0 Å². The normalized spacial score (nSPS) is 20.4. The van der Waals surface area contributed by atoms with E-state index in [2.05, 4.69) is 40.6 Å². The number of likely N-dealkylation sites (tertiary alicyclic amines) is 1. The molecule has 1 fully saturated rings. The van der Waals surface area contributed by atoms with Crippen molar-refractivity contribution in [2.75, 3.05) is 33.2 Å². The molecule has 1 aromatic rings. The summed E-state index contributed by atoms with van der Waals surface area (Å²) in [6.45, 7) is 7.56. The number of likely N-dealkylation sites (N-methyl/N-ethyl adjacent to an activating group) is 1. The van der Waals surface area contributed by atoms with E-state index < -0.39 is 0 Å². The fourth-order valence-electron chi connectivity index (χ4n) is 2.85. The first kappa shape index (κ1) is 14.0. The second-order valence-electron chi connectivity index (χ2n) is 5.35. The van der Waals surface area contributed by atoms with Crippen molar-refractivity contribution in [2.45, 2.75) is 31.8 Å². The van der Waals surface area contributed by atoms with Gasteiger partial charge in [0.15, 0.2) is 0 Å². The van der Waals surface area contributed by atoms with Gasteiger partial charge < -0.3 is 10.6 Å². The molecule has 0 bridgehead atoms. The van der Waals surface area contributed by atoms with E-state index in [1.807, 2.05) is 0 Å². The fourth-order valence-corrected chi connectivity index (χ4v) is 3.51. The number of nitrogens with zero attached hydrogens (tertiary/aromatic N) is 2. The third-order valence-corrected chi connectivity index (χ3v) is 5.16. The maximum absolute atomic E-state index is 6.10. The molecule has 4 heteroatoms. The highest BCUT2D eigenvalue weighted by Crippen LogP contribution is 2.28. The lowest BCUT2D eigenvalue weighted by atomic mass is 9.85.